The third-order valence-corrected chi connectivity index (χ3v) is 6.89. The van der Waals surface area contributed by atoms with E-state index in [0.29, 0.717) is 21.9 Å². The number of rotatable bonds is 2. The molecule has 0 N–H and O–H groups in total. The molecule has 2 unspecified atom stereocenters. The van der Waals surface area contributed by atoms with E-state index in [1.807, 2.05) is 24.3 Å². The van der Waals surface area contributed by atoms with Gasteiger partial charge in [0, 0.05) is 17.5 Å². The first-order valence-corrected chi connectivity index (χ1v) is 10.1. The lowest BCUT2D eigenvalue weighted by atomic mass is 9.78. The van der Waals surface area contributed by atoms with Gasteiger partial charge in [0.1, 0.15) is 4.34 Å². The molecular weight excluding hydrogens is 338 g/mol. The Morgan fingerprint density at radius 3 is 2.67 bits per heavy atom. The summed E-state index contributed by atoms with van der Waals surface area (Å²) in [6.07, 6.45) is 7.41. The first-order valence-electron chi connectivity index (χ1n) is 8.90. The third kappa shape index (κ3) is 3.00. The molecule has 1 saturated heterocycles. The van der Waals surface area contributed by atoms with Crippen LogP contribution in [0.25, 0.3) is 10.4 Å². The maximum atomic E-state index is 13.2. The van der Waals surface area contributed by atoms with Crippen molar-refractivity contribution in [2.75, 3.05) is 6.54 Å². The maximum absolute atomic E-state index is 13.2. The van der Waals surface area contributed by atoms with Crippen molar-refractivity contribution in [3.05, 3.63) is 46.3 Å². The van der Waals surface area contributed by atoms with Crippen LogP contribution in [0.15, 0.2) is 36.4 Å². The summed E-state index contributed by atoms with van der Waals surface area (Å²) >= 11 is 7.96. The second kappa shape index (κ2) is 6.89. The zero-order valence-electron chi connectivity index (χ0n) is 13.7. The first-order chi connectivity index (χ1) is 11.7. The molecule has 4 heteroatoms. The van der Waals surface area contributed by atoms with Crippen LogP contribution in [0.4, 0.5) is 0 Å². The van der Waals surface area contributed by atoms with E-state index in [1.54, 1.807) is 0 Å². The van der Waals surface area contributed by atoms with Gasteiger partial charge in [-0.3, -0.25) is 4.79 Å². The quantitative estimate of drug-likeness (QED) is 0.657. The van der Waals surface area contributed by atoms with Crippen molar-refractivity contribution in [2.45, 2.75) is 44.6 Å². The Hall–Kier alpha value is -1.32. The number of hydrogen-bond donors (Lipinski definition) is 0. The third-order valence-electron chi connectivity index (χ3n) is 5.48. The van der Waals surface area contributed by atoms with E-state index < -0.39 is 0 Å². The number of likely N-dealkylation sites (tertiary alicyclic amines) is 1. The van der Waals surface area contributed by atoms with Crippen LogP contribution in [0, 0.1) is 5.92 Å². The number of carbonyl (C=O) groups excluding carboxylic acids is 1. The van der Waals surface area contributed by atoms with Gasteiger partial charge in [-0.15, -0.1) is 11.3 Å². The summed E-state index contributed by atoms with van der Waals surface area (Å²) < 4.78 is 0.622. The van der Waals surface area contributed by atoms with Crippen LogP contribution >= 0.6 is 22.9 Å². The van der Waals surface area contributed by atoms with Crippen LogP contribution in [0.5, 0.6) is 0 Å². The topological polar surface area (TPSA) is 20.3 Å². The first kappa shape index (κ1) is 16.2. The minimum absolute atomic E-state index is 0.134. The molecule has 0 spiro atoms. The molecule has 2 nitrogen and oxygen atoms in total. The Morgan fingerprint density at radius 1 is 1.08 bits per heavy atom. The van der Waals surface area contributed by atoms with Gasteiger partial charge in [0.2, 0.25) is 0 Å². The summed E-state index contributed by atoms with van der Waals surface area (Å²) in [6.45, 7) is 0.882. The molecule has 24 heavy (non-hydrogen) atoms. The lowest BCUT2D eigenvalue weighted by Gasteiger charge is -2.44. The van der Waals surface area contributed by atoms with Crippen molar-refractivity contribution in [3.63, 3.8) is 0 Å². The lowest BCUT2D eigenvalue weighted by molar-refractivity contribution is 0.0391. The summed E-state index contributed by atoms with van der Waals surface area (Å²) in [5.74, 6) is 0.831. The summed E-state index contributed by atoms with van der Waals surface area (Å²) in [7, 11) is 0. The standard InChI is InChI=1S/C20H22ClNOS/c21-19-16(13-18(24-19)15-8-2-1-3-9-15)20(23)22-12-6-10-14-7-4-5-11-17(14)22/h1-3,8-9,13-14,17H,4-7,10-12H2. The molecule has 126 valence electrons. The van der Waals surface area contributed by atoms with Crippen molar-refractivity contribution in [1.82, 2.24) is 4.90 Å². The zero-order valence-corrected chi connectivity index (χ0v) is 15.3. The predicted molar refractivity (Wildman–Crippen MR) is 101 cm³/mol. The van der Waals surface area contributed by atoms with Crippen LogP contribution in [0.1, 0.15) is 48.9 Å². The van der Waals surface area contributed by atoms with Gasteiger partial charge in [0.25, 0.3) is 5.91 Å². The molecule has 4 rings (SSSR count). The molecule has 2 fully saturated rings. The van der Waals surface area contributed by atoms with E-state index in [9.17, 15) is 4.79 Å². The molecule has 2 heterocycles. The van der Waals surface area contributed by atoms with Crippen LogP contribution in [-0.4, -0.2) is 23.4 Å². The Labute approximate surface area is 152 Å². The van der Waals surface area contributed by atoms with E-state index in [0.717, 1.165) is 29.8 Å². The average Bonchev–Trinajstić information content (AvgIpc) is 3.03. The summed E-state index contributed by atoms with van der Waals surface area (Å²) in [5, 5.41) is 0. The van der Waals surface area contributed by atoms with Crippen LogP contribution in [0.3, 0.4) is 0 Å². The summed E-state index contributed by atoms with van der Waals surface area (Å²) in [5.41, 5.74) is 1.81. The largest absolute Gasteiger partial charge is 0.335 e. The highest BCUT2D eigenvalue weighted by molar-refractivity contribution is 7.19. The molecule has 2 atom stereocenters. The molecule has 1 aromatic carbocycles. The summed E-state index contributed by atoms with van der Waals surface area (Å²) in [4.78, 5) is 16.4. The molecule has 1 amide bonds. The molecule has 2 aliphatic rings. The van der Waals surface area contributed by atoms with Gasteiger partial charge in [-0.25, -0.2) is 0 Å². The second-order valence-electron chi connectivity index (χ2n) is 6.92. The second-order valence-corrected chi connectivity index (χ2v) is 8.57. The Bertz CT molecular complexity index is 724. The van der Waals surface area contributed by atoms with Gasteiger partial charge in [-0.05, 0) is 43.2 Å². The van der Waals surface area contributed by atoms with E-state index in [2.05, 4.69) is 17.0 Å². The van der Waals surface area contributed by atoms with E-state index in [-0.39, 0.29) is 5.91 Å². The number of amides is 1. The summed E-state index contributed by atoms with van der Waals surface area (Å²) in [6, 6.07) is 12.6. The molecule has 2 aromatic rings. The minimum atomic E-state index is 0.134. The Morgan fingerprint density at radius 2 is 1.83 bits per heavy atom. The molecule has 1 aromatic heterocycles. The van der Waals surface area contributed by atoms with Crippen molar-refractivity contribution in [2.24, 2.45) is 5.92 Å². The van der Waals surface area contributed by atoms with Crippen molar-refractivity contribution >= 4 is 28.8 Å². The Balaban J connectivity index is 1.61. The van der Waals surface area contributed by atoms with Crippen LogP contribution < -0.4 is 0 Å². The predicted octanol–water partition coefficient (Wildman–Crippen LogP) is 5.86. The fraction of sp³-hybridized carbons (Fsp3) is 0.450. The fourth-order valence-electron chi connectivity index (χ4n) is 4.29. The highest BCUT2D eigenvalue weighted by atomic mass is 35.5. The Kier molecular flexibility index (Phi) is 4.64. The normalized spacial score (nSPS) is 23.8. The number of fused-ring (bicyclic) bond motifs is 1. The van der Waals surface area contributed by atoms with Gasteiger partial charge < -0.3 is 4.90 Å². The van der Waals surface area contributed by atoms with Crippen LogP contribution in [0.2, 0.25) is 4.34 Å². The molecule has 1 saturated carbocycles. The number of benzene rings is 1. The van der Waals surface area contributed by atoms with E-state index >= 15 is 0 Å². The van der Waals surface area contributed by atoms with Crippen LogP contribution in [-0.2, 0) is 0 Å². The van der Waals surface area contributed by atoms with E-state index in [1.165, 1.54) is 37.0 Å². The molecular formula is C20H22ClNOS. The number of halogens is 1. The number of hydrogen-bond acceptors (Lipinski definition) is 2. The SMILES string of the molecule is O=C(c1cc(-c2ccccc2)sc1Cl)N1CCCC2CCCCC21. The zero-order chi connectivity index (χ0) is 16.5. The van der Waals surface area contributed by atoms with Gasteiger partial charge >= 0.3 is 0 Å². The molecule has 0 radical (unpaired) electrons. The molecule has 1 aliphatic carbocycles. The van der Waals surface area contributed by atoms with Crippen molar-refractivity contribution in [1.29, 1.82) is 0 Å². The molecule has 0 bridgehead atoms. The lowest BCUT2D eigenvalue weighted by Crippen LogP contribution is -2.49. The van der Waals surface area contributed by atoms with Gasteiger partial charge in [-0.2, -0.15) is 0 Å². The highest BCUT2D eigenvalue weighted by Crippen LogP contribution is 2.39. The molecule has 1 aliphatic heterocycles. The number of carbonyl (C=O) groups is 1. The van der Waals surface area contributed by atoms with Gasteiger partial charge in [0.15, 0.2) is 0 Å². The van der Waals surface area contributed by atoms with Gasteiger partial charge in [-0.1, -0.05) is 54.8 Å². The minimum Gasteiger partial charge on any atom is -0.335 e. The monoisotopic (exact) mass is 359 g/mol. The number of nitrogens with zero attached hydrogens (tertiary/aromatic N) is 1. The smallest absolute Gasteiger partial charge is 0.256 e. The van der Waals surface area contributed by atoms with E-state index in [4.69, 9.17) is 11.6 Å². The van der Waals surface area contributed by atoms with Gasteiger partial charge in [0.05, 0.1) is 5.56 Å². The maximum Gasteiger partial charge on any atom is 0.256 e. The number of thiophene rings is 1. The fourth-order valence-corrected chi connectivity index (χ4v) is 5.56. The highest BCUT2D eigenvalue weighted by Gasteiger charge is 2.36. The average molecular weight is 360 g/mol. The van der Waals surface area contributed by atoms with Crippen molar-refractivity contribution in [3.8, 4) is 10.4 Å². The van der Waals surface area contributed by atoms with Crippen molar-refractivity contribution < 1.29 is 4.79 Å². The number of piperidine rings is 1.